The predicted molar refractivity (Wildman–Crippen MR) is 138 cm³/mol. The van der Waals surface area contributed by atoms with E-state index >= 15 is 0 Å². The number of carbonyl (C=O) groups is 1. The Labute approximate surface area is 202 Å². The lowest BCUT2D eigenvalue weighted by molar-refractivity contribution is 0.102. The first-order valence-electron chi connectivity index (χ1n) is 11.5. The van der Waals surface area contributed by atoms with Gasteiger partial charge in [-0.25, -0.2) is 9.37 Å². The Kier molecular flexibility index (Phi) is 6.30. The zero-order valence-electron chi connectivity index (χ0n) is 19.3. The Morgan fingerprint density at radius 1 is 1.03 bits per heavy atom. The van der Waals surface area contributed by atoms with Gasteiger partial charge in [0.2, 0.25) is 0 Å². The number of hydrogen-bond donors (Lipinski definition) is 1. The summed E-state index contributed by atoms with van der Waals surface area (Å²) in [6.07, 6.45) is 2.29. The summed E-state index contributed by atoms with van der Waals surface area (Å²) in [5.41, 5.74) is 4.10. The minimum atomic E-state index is -0.266. The van der Waals surface area contributed by atoms with E-state index in [0.717, 1.165) is 58.1 Å². The molecule has 1 aromatic heterocycles. The summed E-state index contributed by atoms with van der Waals surface area (Å²) in [5.74, 6) is -0.434. The molecule has 0 aliphatic carbocycles. The van der Waals surface area contributed by atoms with Crippen LogP contribution < -0.4 is 10.2 Å². The molecule has 174 valence electrons. The maximum Gasteiger partial charge on any atom is 0.255 e. The summed E-state index contributed by atoms with van der Waals surface area (Å²) in [5, 5.41) is 4.01. The van der Waals surface area contributed by atoms with Gasteiger partial charge in [-0.3, -0.25) is 4.79 Å². The summed E-state index contributed by atoms with van der Waals surface area (Å²) < 4.78 is 14.2. The Balaban J connectivity index is 1.28. The van der Waals surface area contributed by atoms with Crippen molar-refractivity contribution in [1.82, 2.24) is 9.88 Å². The van der Waals surface area contributed by atoms with Crippen molar-refractivity contribution in [2.24, 2.45) is 0 Å². The fourth-order valence-corrected chi connectivity index (χ4v) is 5.38. The molecule has 0 saturated carbocycles. The number of anilines is 2. The molecule has 7 heteroatoms. The first kappa shape index (κ1) is 22.5. The van der Waals surface area contributed by atoms with Crippen LogP contribution in [0.25, 0.3) is 21.3 Å². The lowest BCUT2D eigenvalue weighted by Gasteiger charge is -2.34. The number of likely N-dealkylation sites (tertiary alicyclic amines) is 1. The minimum Gasteiger partial charge on any atom is -0.348 e. The molecule has 0 spiro atoms. The molecule has 1 aliphatic rings. The van der Waals surface area contributed by atoms with E-state index in [2.05, 4.69) is 29.2 Å². The van der Waals surface area contributed by atoms with Crippen molar-refractivity contribution >= 4 is 38.3 Å². The van der Waals surface area contributed by atoms with Gasteiger partial charge in [0.15, 0.2) is 5.13 Å². The van der Waals surface area contributed by atoms with Crippen molar-refractivity contribution in [2.45, 2.75) is 18.9 Å². The van der Waals surface area contributed by atoms with Crippen molar-refractivity contribution in [3.63, 3.8) is 0 Å². The standard InChI is InChI=1S/C27H27FN4OS/c1-31-15-13-23(14-16-31)32(2)27-30-24-12-11-22(17-25(24)34-27)29-26(33)20-5-3-18(4-6-20)19-7-9-21(28)10-8-19/h3-12,17,23H,13-16H2,1-2H3,(H,29,33). The molecule has 5 rings (SSSR count). The van der Waals surface area contributed by atoms with Crippen LogP contribution in [0.1, 0.15) is 23.2 Å². The molecule has 0 atom stereocenters. The number of halogens is 1. The van der Waals surface area contributed by atoms with Crippen LogP contribution in [0.3, 0.4) is 0 Å². The molecule has 0 unspecified atom stereocenters. The normalized spacial score (nSPS) is 14.9. The van der Waals surface area contributed by atoms with Gasteiger partial charge >= 0.3 is 0 Å². The Hall–Kier alpha value is -3.29. The second kappa shape index (κ2) is 9.52. The van der Waals surface area contributed by atoms with Crippen molar-refractivity contribution in [2.75, 3.05) is 37.4 Å². The highest BCUT2D eigenvalue weighted by atomic mass is 32.1. The number of thiazole rings is 1. The topological polar surface area (TPSA) is 48.5 Å². The highest BCUT2D eigenvalue weighted by Gasteiger charge is 2.23. The number of nitrogens with zero attached hydrogens (tertiary/aromatic N) is 3. The lowest BCUT2D eigenvalue weighted by Crippen LogP contribution is -2.41. The zero-order valence-corrected chi connectivity index (χ0v) is 20.1. The van der Waals surface area contributed by atoms with Crippen LogP contribution in [0.2, 0.25) is 0 Å². The molecular weight excluding hydrogens is 447 g/mol. The number of amides is 1. The third kappa shape index (κ3) is 4.81. The van der Waals surface area contributed by atoms with Crippen LogP contribution in [0.5, 0.6) is 0 Å². The van der Waals surface area contributed by atoms with E-state index in [4.69, 9.17) is 4.98 Å². The third-order valence-electron chi connectivity index (χ3n) is 6.50. The van der Waals surface area contributed by atoms with Crippen LogP contribution in [-0.4, -0.2) is 49.0 Å². The van der Waals surface area contributed by atoms with Gasteiger partial charge < -0.3 is 15.1 Å². The molecule has 1 saturated heterocycles. The average Bonchev–Trinajstić information content (AvgIpc) is 3.28. The molecule has 1 N–H and O–H groups in total. The van der Waals surface area contributed by atoms with E-state index in [1.807, 2.05) is 30.3 Å². The first-order chi connectivity index (χ1) is 16.5. The molecule has 0 radical (unpaired) electrons. The highest BCUT2D eigenvalue weighted by Crippen LogP contribution is 2.32. The summed E-state index contributed by atoms with van der Waals surface area (Å²) >= 11 is 1.66. The summed E-state index contributed by atoms with van der Waals surface area (Å²) in [7, 11) is 4.30. The summed E-state index contributed by atoms with van der Waals surface area (Å²) in [6, 6.07) is 20.0. The largest absolute Gasteiger partial charge is 0.348 e. The van der Waals surface area contributed by atoms with Gasteiger partial charge in [-0.1, -0.05) is 35.6 Å². The molecule has 0 bridgehead atoms. The van der Waals surface area contributed by atoms with Gasteiger partial charge in [-0.05, 0) is 86.6 Å². The molecule has 2 heterocycles. The Morgan fingerprint density at radius 2 is 1.68 bits per heavy atom. The van der Waals surface area contributed by atoms with Crippen molar-refractivity contribution in [1.29, 1.82) is 0 Å². The maximum atomic E-state index is 13.2. The number of carbonyl (C=O) groups excluding carboxylic acids is 1. The SMILES string of the molecule is CN1CCC(N(C)c2nc3ccc(NC(=O)c4ccc(-c5ccc(F)cc5)cc4)cc3s2)CC1. The van der Waals surface area contributed by atoms with Crippen molar-refractivity contribution in [3.05, 3.63) is 78.1 Å². The van der Waals surface area contributed by atoms with Crippen molar-refractivity contribution < 1.29 is 9.18 Å². The number of piperidine rings is 1. The molecule has 4 aromatic rings. The molecular formula is C27H27FN4OS. The van der Waals surface area contributed by atoms with E-state index in [1.165, 1.54) is 12.1 Å². The molecule has 34 heavy (non-hydrogen) atoms. The van der Waals surface area contributed by atoms with Gasteiger partial charge in [0.25, 0.3) is 5.91 Å². The number of hydrogen-bond acceptors (Lipinski definition) is 5. The van der Waals surface area contributed by atoms with Gasteiger partial charge in [-0.2, -0.15) is 0 Å². The maximum absolute atomic E-state index is 13.2. The summed E-state index contributed by atoms with van der Waals surface area (Å²) in [6.45, 7) is 2.22. The van der Waals surface area contributed by atoms with Crippen LogP contribution in [0, 0.1) is 5.82 Å². The molecule has 3 aromatic carbocycles. The van der Waals surface area contributed by atoms with E-state index in [-0.39, 0.29) is 11.7 Å². The van der Waals surface area contributed by atoms with Gasteiger partial charge in [-0.15, -0.1) is 0 Å². The van der Waals surface area contributed by atoms with E-state index in [0.29, 0.717) is 11.6 Å². The highest BCUT2D eigenvalue weighted by molar-refractivity contribution is 7.22. The van der Waals surface area contributed by atoms with E-state index in [1.54, 1.807) is 35.6 Å². The number of nitrogens with one attached hydrogen (secondary N) is 1. The van der Waals surface area contributed by atoms with Crippen molar-refractivity contribution in [3.8, 4) is 11.1 Å². The fourth-order valence-electron chi connectivity index (χ4n) is 4.34. The van der Waals surface area contributed by atoms with E-state index < -0.39 is 0 Å². The Bertz CT molecular complexity index is 1290. The zero-order chi connectivity index (χ0) is 23.7. The second-order valence-electron chi connectivity index (χ2n) is 8.86. The number of aromatic nitrogens is 1. The van der Waals surface area contributed by atoms with Crippen LogP contribution in [0.4, 0.5) is 15.2 Å². The van der Waals surface area contributed by atoms with Gasteiger partial charge in [0, 0.05) is 24.3 Å². The molecule has 1 aliphatic heterocycles. The number of fused-ring (bicyclic) bond motifs is 1. The lowest BCUT2D eigenvalue weighted by atomic mass is 10.0. The van der Waals surface area contributed by atoms with Crippen LogP contribution >= 0.6 is 11.3 Å². The van der Waals surface area contributed by atoms with E-state index in [9.17, 15) is 9.18 Å². The second-order valence-corrected chi connectivity index (χ2v) is 9.87. The molecule has 5 nitrogen and oxygen atoms in total. The third-order valence-corrected chi connectivity index (χ3v) is 7.61. The predicted octanol–water partition coefficient (Wildman–Crippen LogP) is 5.89. The van der Waals surface area contributed by atoms with Gasteiger partial charge in [0.1, 0.15) is 5.82 Å². The fraction of sp³-hybridized carbons (Fsp3) is 0.259. The number of benzene rings is 3. The smallest absolute Gasteiger partial charge is 0.255 e. The van der Waals surface area contributed by atoms with Crippen LogP contribution in [0.15, 0.2) is 66.7 Å². The Morgan fingerprint density at radius 3 is 2.35 bits per heavy atom. The number of rotatable bonds is 5. The van der Waals surface area contributed by atoms with Gasteiger partial charge in [0.05, 0.1) is 10.2 Å². The monoisotopic (exact) mass is 474 g/mol. The summed E-state index contributed by atoms with van der Waals surface area (Å²) in [4.78, 5) is 22.3. The minimum absolute atomic E-state index is 0.168. The molecule has 1 amide bonds. The molecule has 1 fully saturated rings. The quantitative estimate of drug-likeness (QED) is 0.392. The first-order valence-corrected chi connectivity index (χ1v) is 12.3. The average molecular weight is 475 g/mol. The van der Waals surface area contributed by atoms with Crippen LogP contribution in [-0.2, 0) is 0 Å².